The topological polar surface area (TPSA) is 87.7 Å². The molecule has 7 nitrogen and oxygen atoms in total. The molecular formula is C22H28FN3O4S. The van der Waals surface area contributed by atoms with Crippen LogP contribution in [0.3, 0.4) is 0 Å². The second-order valence-corrected chi connectivity index (χ2v) is 9.69. The molecule has 31 heavy (non-hydrogen) atoms. The van der Waals surface area contributed by atoms with Gasteiger partial charge < -0.3 is 15.4 Å². The van der Waals surface area contributed by atoms with Gasteiger partial charge in [0.2, 0.25) is 9.84 Å². The first kappa shape index (κ1) is 23.2. The lowest BCUT2D eigenvalue weighted by atomic mass is 9.95. The molecule has 2 aromatic carbocycles. The summed E-state index contributed by atoms with van der Waals surface area (Å²) in [6.07, 6.45) is 0.878. The molecule has 9 heteroatoms. The Morgan fingerprint density at radius 2 is 1.61 bits per heavy atom. The van der Waals surface area contributed by atoms with Crippen molar-refractivity contribution in [3.8, 4) is 0 Å². The summed E-state index contributed by atoms with van der Waals surface area (Å²) in [6.45, 7) is 7.73. The van der Waals surface area contributed by atoms with E-state index in [2.05, 4.69) is 29.4 Å². The lowest BCUT2D eigenvalue weighted by Gasteiger charge is -2.43. The van der Waals surface area contributed by atoms with Crippen LogP contribution in [0.2, 0.25) is 0 Å². The molecule has 1 aliphatic rings. The highest BCUT2D eigenvalue weighted by atomic mass is 32.2. The van der Waals surface area contributed by atoms with Gasteiger partial charge in [-0.2, -0.15) is 0 Å². The monoisotopic (exact) mass is 449 g/mol. The van der Waals surface area contributed by atoms with Gasteiger partial charge in [-0.3, -0.25) is 4.90 Å². The molecule has 2 aromatic rings. The number of hydrogen-bond donors (Lipinski definition) is 2. The van der Waals surface area contributed by atoms with E-state index in [0.717, 1.165) is 31.6 Å². The predicted molar refractivity (Wildman–Crippen MR) is 116 cm³/mol. The maximum atomic E-state index is 13.1. The first-order valence-electron chi connectivity index (χ1n) is 10.2. The molecule has 0 aromatic heterocycles. The molecule has 0 aliphatic carbocycles. The van der Waals surface area contributed by atoms with Gasteiger partial charge in [0.1, 0.15) is 5.82 Å². The lowest BCUT2D eigenvalue weighted by Crippen LogP contribution is -2.57. The number of ether oxygens (including phenoxy) is 1. The second-order valence-electron chi connectivity index (χ2n) is 7.74. The van der Waals surface area contributed by atoms with Crippen molar-refractivity contribution < 1.29 is 22.3 Å². The quantitative estimate of drug-likeness (QED) is 0.634. The number of benzene rings is 2. The number of nitrogens with one attached hydrogen (secondary N) is 2. The molecule has 1 fully saturated rings. The molecular weight excluding hydrogens is 421 g/mol. The van der Waals surface area contributed by atoms with Crippen LogP contribution in [0, 0.1) is 5.82 Å². The van der Waals surface area contributed by atoms with Gasteiger partial charge in [-0.1, -0.05) is 6.92 Å². The number of rotatable bonds is 7. The van der Waals surface area contributed by atoms with E-state index in [1.807, 2.05) is 0 Å². The van der Waals surface area contributed by atoms with Crippen LogP contribution in [-0.2, 0) is 14.6 Å². The van der Waals surface area contributed by atoms with Crippen molar-refractivity contribution in [2.45, 2.75) is 35.6 Å². The van der Waals surface area contributed by atoms with Crippen molar-refractivity contribution in [3.05, 3.63) is 54.3 Å². The third-order valence-electron chi connectivity index (χ3n) is 5.71. The van der Waals surface area contributed by atoms with E-state index in [1.54, 1.807) is 0 Å². The Balaban J connectivity index is 1.60. The van der Waals surface area contributed by atoms with Gasteiger partial charge in [-0.25, -0.2) is 17.6 Å². The van der Waals surface area contributed by atoms with Gasteiger partial charge in [0.05, 0.1) is 23.0 Å². The minimum absolute atomic E-state index is 0.00863. The van der Waals surface area contributed by atoms with Crippen LogP contribution in [0.25, 0.3) is 0 Å². The highest BCUT2D eigenvalue weighted by Crippen LogP contribution is 2.23. The van der Waals surface area contributed by atoms with Gasteiger partial charge in [-0.05, 0) is 61.9 Å². The summed E-state index contributed by atoms with van der Waals surface area (Å²) >= 11 is 0. The minimum atomic E-state index is -3.76. The molecule has 2 amide bonds. The number of sulfone groups is 1. The number of anilines is 1. The average Bonchev–Trinajstić information content (AvgIpc) is 2.79. The number of hydrogen-bond acceptors (Lipinski definition) is 5. The van der Waals surface area contributed by atoms with E-state index in [-0.39, 0.29) is 21.4 Å². The summed E-state index contributed by atoms with van der Waals surface area (Å²) in [7, 11) is -3.76. The molecule has 2 N–H and O–H groups in total. The van der Waals surface area contributed by atoms with E-state index in [4.69, 9.17) is 4.74 Å². The summed E-state index contributed by atoms with van der Waals surface area (Å²) < 4.78 is 43.8. The Hall–Kier alpha value is -2.49. The molecule has 0 bridgehead atoms. The number of amides is 2. The van der Waals surface area contributed by atoms with Crippen molar-refractivity contribution in [3.63, 3.8) is 0 Å². The fraction of sp³-hybridized carbons (Fsp3) is 0.409. The molecule has 1 aliphatic heterocycles. The maximum absolute atomic E-state index is 13.1. The zero-order chi connectivity index (χ0) is 22.5. The van der Waals surface area contributed by atoms with E-state index in [9.17, 15) is 17.6 Å². The van der Waals surface area contributed by atoms with Gasteiger partial charge in [0.15, 0.2) is 0 Å². The molecule has 1 unspecified atom stereocenters. The Labute approximate surface area is 182 Å². The normalized spacial score (nSPS) is 17.0. The predicted octanol–water partition coefficient (Wildman–Crippen LogP) is 3.28. The van der Waals surface area contributed by atoms with Crippen LogP contribution < -0.4 is 10.6 Å². The van der Waals surface area contributed by atoms with Gasteiger partial charge in [0, 0.05) is 30.9 Å². The van der Waals surface area contributed by atoms with E-state index in [0.29, 0.717) is 25.4 Å². The average molecular weight is 450 g/mol. The van der Waals surface area contributed by atoms with Crippen molar-refractivity contribution in [2.24, 2.45) is 0 Å². The van der Waals surface area contributed by atoms with Crippen molar-refractivity contribution in [1.29, 1.82) is 0 Å². The molecule has 3 rings (SSSR count). The van der Waals surface area contributed by atoms with Gasteiger partial charge >= 0.3 is 6.03 Å². The Morgan fingerprint density at radius 3 is 2.16 bits per heavy atom. The first-order chi connectivity index (χ1) is 14.7. The second kappa shape index (κ2) is 9.76. The van der Waals surface area contributed by atoms with Crippen molar-refractivity contribution in [1.82, 2.24) is 10.2 Å². The molecule has 0 saturated carbocycles. The number of nitrogens with zero attached hydrogens (tertiary/aromatic N) is 1. The molecule has 1 saturated heterocycles. The lowest BCUT2D eigenvalue weighted by molar-refractivity contribution is -0.0163. The summed E-state index contributed by atoms with van der Waals surface area (Å²) in [5.41, 5.74) is 0.300. The molecule has 1 atom stereocenters. The number of morpholine rings is 1. The van der Waals surface area contributed by atoms with Crippen LogP contribution in [0.4, 0.5) is 14.9 Å². The molecule has 0 spiro atoms. The molecule has 0 radical (unpaired) electrons. The fourth-order valence-corrected chi connectivity index (χ4v) is 4.74. The summed E-state index contributed by atoms with van der Waals surface area (Å²) in [6, 6.07) is 10.2. The van der Waals surface area contributed by atoms with Crippen molar-refractivity contribution >= 4 is 21.6 Å². The summed E-state index contributed by atoms with van der Waals surface area (Å²) in [5.74, 6) is -0.502. The minimum Gasteiger partial charge on any atom is -0.379 e. The van der Waals surface area contributed by atoms with Crippen LogP contribution in [-0.4, -0.2) is 57.7 Å². The highest BCUT2D eigenvalue weighted by Gasteiger charge is 2.31. The number of urea groups is 1. The largest absolute Gasteiger partial charge is 0.379 e. The van der Waals surface area contributed by atoms with Crippen molar-refractivity contribution in [2.75, 3.05) is 38.2 Å². The highest BCUT2D eigenvalue weighted by molar-refractivity contribution is 7.91. The number of carbonyl (C=O) groups excluding carboxylic acids is 1. The standard InChI is InChI=1S/C22H28FN3O4S/c1-3-22(2,26-12-14-30-15-13-26)16-24-21(27)25-18-6-10-20(11-7-18)31(28,29)19-8-4-17(23)5-9-19/h4-11H,3,12-16H2,1-2H3,(H2,24,25,27). The zero-order valence-electron chi connectivity index (χ0n) is 17.7. The van der Waals surface area contributed by atoms with Crippen LogP contribution in [0.15, 0.2) is 58.3 Å². The van der Waals surface area contributed by atoms with E-state index in [1.165, 1.54) is 36.4 Å². The van der Waals surface area contributed by atoms with Crippen LogP contribution in [0.1, 0.15) is 20.3 Å². The summed E-state index contributed by atoms with van der Waals surface area (Å²) in [5, 5.41) is 5.64. The Bertz CT molecular complexity index is 990. The van der Waals surface area contributed by atoms with Crippen LogP contribution in [0.5, 0.6) is 0 Å². The third kappa shape index (κ3) is 5.61. The van der Waals surface area contributed by atoms with Gasteiger partial charge in [0.25, 0.3) is 0 Å². The fourth-order valence-electron chi connectivity index (χ4n) is 3.48. The summed E-state index contributed by atoms with van der Waals surface area (Å²) in [4.78, 5) is 14.8. The van der Waals surface area contributed by atoms with E-state index >= 15 is 0 Å². The number of halogens is 1. The molecule has 168 valence electrons. The van der Waals surface area contributed by atoms with E-state index < -0.39 is 15.7 Å². The first-order valence-corrected chi connectivity index (χ1v) is 11.7. The Morgan fingerprint density at radius 1 is 1.06 bits per heavy atom. The Kier molecular flexibility index (Phi) is 7.30. The van der Waals surface area contributed by atoms with Gasteiger partial charge in [-0.15, -0.1) is 0 Å². The molecule has 1 heterocycles. The smallest absolute Gasteiger partial charge is 0.319 e. The maximum Gasteiger partial charge on any atom is 0.319 e. The van der Waals surface area contributed by atoms with Crippen LogP contribution >= 0.6 is 0 Å². The third-order valence-corrected chi connectivity index (χ3v) is 7.50. The number of carbonyl (C=O) groups is 1. The SMILES string of the molecule is CCC(C)(CNC(=O)Nc1ccc(S(=O)(=O)c2ccc(F)cc2)cc1)N1CCOCC1. The zero-order valence-corrected chi connectivity index (χ0v) is 18.5.